The summed E-state index contributed by atoms with van der Waals surface area (Å²) < 4.78 is 27.8. The molecule has 0 aliphatic heterocycles. The second-order valence-corrected chi connectivity index (χ2v) is 8.15. The van der Waals surface area contributed by atoms with E-state index in [-0.39, 0.29) is 22.9 Å². The van der Waals surface area contributed by atoms with Crippen LogP contribution in [0.3, 0.4) is 0 Å². The van der Waals surface area contributed by atoms with Crippen LogP contribution in [0.1, 0.15) is 27.0 Å². The Kier molecular flexibility index (Phi) is 6.18. The number of pyridine rings is 1. The molecule has 0 saturated carbocycles. The summed E-state index contributed by atoms with van der Waals surface area (Å²) >= 11 is 0. The lowest BCUT2D eigenvalue weighted by Gasteiger charge is -2.09. The van der Waals surface area contributed by atoms with Gasteiger partial charge in [0.05, 0.1) is 4.90 Å². The first kappa shape index (κ1) is 19.7. The lowest BCUT2D eigenvalue weighted by atomic mass is 10.1. The highest BCUT2D eigenvalue weighted by molar-refractivity contribution is 7.89. The van der Waals surface area contributed by atoms with Crippen molar-refractivity contribution in [3.05, 3.63) is 95.3 Å². The van der Waals surface area contributed by atoms with Crippen LogP contribution in [0.15, 0.2) is 78.0 Å². The van der Waals surface area contributed by atoms with Gasteiger partial charge in [-0.05, 0) is 42.3 Å². The van der Waals surface area contributed by atoms with Crippen molar-refractivity contribution in [2.45, 2.75) is 24.9 Å². The first-order chi connectivity index (χ1) is 13.4. The third kappa shape index (κ3) is 5.25. The predicted octanol–water partition coefficient (Wildman–Crippen LogP) is 2.80. The van der Waals surface area contributed by atoms with Gasteiger partial charge < -0.3 is 5.32 Å². The molecule has 1 heterocycles. The van der Waals surface area contributed by atoms with E-state index < -0.39 is 10.0 Å². The van der Waals surface area contributed by atoms with E-state index in [0.717, 1.165) is 16.7 Å². The highest BCUT2D eigenvalue weighted by Crippen LogP contribution is 2.13. The van der Waals surface area contributed by atoms with Crippen LogP contribution in [0.5, 0.6) is 0 Å². The van der Waals surface area contributed by atoms with E-state index in [0.29, 0.717) is 6.54 Å². The molecule has 0 radical (unpaired) electrons. The quantitative estimate of drug-likeness (QED) is 0.644. The molecule has 7 heteroatoms. The summed E-state index contributed by atoms with van der Waals surface area (Å²) in [6.07, 6.45) is 3.32. The highest BCUT2D eigenvalue weighted by Gasteiger charge is 2.16. The van der Waals surface area contributed by atoms with Crippen molar-refractivity contribution in [2.24, 2.45) is 0 Å². The molecular weight excluding hydrogens is 374 g/mol. The Balaban J connectivity index is 1.68. The van der Waals surface area contributed by atoms with Gasteiger partial charge in [-0.25, -0.2) is 13.1 Å². The van der Waals surface area contributed by atoms with Crippen LogP contribution in [0.2, 0.25) is 0 Å². The Labute approximate surface area is 164 Å². The molecule has 0 fully saturated rings. The van der Waals surface area contributed by atoms with Crippen LogP contribution in [-0.4, -0.2) is 19.3 Å². The molecule has 28 heavy (non-hydrogen) atoms. The molecule has 0 saturated heterocycles. The normalized spacial score (nSPS) is 11.2. The maximum atomic E-state index is 12.6. The number of aryl methyl sites for hydroxylation is 1. The average Bonchev–Trinajstić information content (AvgIpc) is 2.71. The minimum absolute atomic E-state index is 0.0502. The van der Waals surface area contributed by atoms with Crippen molar-refractivity contribution < 1.29 is 13.2 Å². The molecule has 3 aromatic rings. The minimum Gasteiger partial charge on any atom is -0.348 e. The van der Waals surface area contributed by atoms with E-state index >= 15 is 0 Å². The van der Waals surface area contributed by atoms with Gasteiger partial charge in [-0.15, -0.1) is 0 Å². The van der Waals surface area contributed by atoms with Crippen LogP contribution in [-0.2, 0) is 23.1 Å². The Morgan fingerprint density at radius 2 is 1.75 bits per heavy atom. The van der Waals surface area contributed by atoms with Gasteiger partial charge in [0, 0.05) is 31.0 Å². The van der Waals surface area contributed by atoms with Crippen molar-refractivity contribution in [3.8, 4) is 0 Å². The maximum absolute atomic E-state index is 12.6. The fraction of sp³-hybridized carbons (Fsp3) is 0.143. The molecule has 1 amide bonds. The highest BCUT2D eigenvalue weighted by atomic mass is 32.2. The van der Waals surface area contributed by atoms with E-state index in [2.05, 4.69) is 15.0 Å². The van der Waals surface area contributed by atoms with Crippen LogP contribution in [0.4, 0.5) is 0 Å². The summed E-state index contributed by atoms with van der Waals surface area (Å²) in [5.41, 5.74) is 3.07. The van der Waals surface area contributed by atoms with Crippen LogP contribution in [0.25, 0.3) is 0 Å². The molecule has 0 atom stereocenters. The minimum atomic E-state index is -3.73. The summed E-state index contributed by atoms with van der Waals surface area (Å²) in [4.78, 5) is 16.4. The number of rotatable bonds is 7. The average molecular weight is 395 g/mol. The van der Waals surface area contributed by atoms with Gasteiger partial charge in [0.15, 0.2) is 0 Å². The van der Waals surface area contributed by atoms with Crippen LogP contribution >= 0.6 is 0 Å². The smallest absolute Gasteiger partial charge is 0.251 e. The lowest BCUT2D eigenvalue weighted by Crippen LogP contribution is -2.25. The van der Waals surface area contributed by atoms with E-state index in [1.165, 1.54) is 12.1 Å². The number of nitrogens with zero attached hydrogens (tertiary/aromatic N) is 1. The number of sulfonamides is 1. The Hall–Kier alpha value is -3.03. The van der Waals surface area contributed by atoms with Gasteiger partial charge in [0.25, 0.3) is 5.91 Å². The maximum Gasteiger partial charge on any atom is 0.251 e. The number of carbonyl (C=O) groups is 1. The monoisotopic (exact) mass is 395 g/mol. The number of hydrogen-bond acceptors (Lipinski definition) is 4. The van der Waals surface area contributed by atoms with Gasteiger partial charge in [-0.1, -0.05) is 42.0 Å². The van der Waals surface area contributed by atoms with Crippen molar-refractivity contribution in [1.29, 1.82) is 0 Å². The van der Waals surface area contributed by atoms with Gasteiger partial charge >= 0.3 is 0 Å². The fourth-order valence-electron chi connectivity index (χ4n) is 2.68. The van der Waals surface area contributed by atoms with Gasteiger partial charge in [-0.3, -0.25) is 9.78 Å². The Morgan fingerprint density at radius 3 is 2.50 bits per heavy atom. The summed E-state index contributed by atoms with van der Waals surface area (Å²) in [6, 6.07) is 17.2. The molecule has 3 rings (SSSR count). The Morgan fingerprint density at radius 1 is 0.964 bits per heavy atom. The van der Waals surface area contributed by atoms with Crippen molar-refractivity contribution >= 4 is 15.9 Å². The second-order valence-electron chi connectivity index (χ2n) is 6.39. The second kappa shape index (κ2) is 8.77. The van der Waals surface area contributed by atoms with Crippen molar-refractivity contribution in [3.63, 3.8) is 0 Å². The van der Waals surface area contributed by atoms with Crippen molar-refractivity contribution in [1.82, 2.24) is 15.0 Å². The first-order valence-corrected chi connectivity index (χ1v) is 10.2. The molecule has 0 spiro atoms. The summed E-state index contributed by atoms with van der Waals surface area (Å²) in [6.45, 7) is 2.45. The summed E-state index contributed by atoms with van der Waals surface area (Å²) in [5.74, 6) is -0.348. The molecule has 0 aliphatic rings. The molecule has 2 N–H and O–H groups in total. The lowest BCUT2D eigenvalue weighted by molar-refractivity contribution is 0.0950. The largest absolute Gasteiger partial charge is 0.348 e. The zero-order chi connectivity index (χ0) is 20.0. The standard InChI is InChI=1S/C21H21N3O3S/c1-16-5-2-6-17(11-16)15-24-28(26,27)20-9-3-8-19(12-20)21(25)23-14-18-7-4-10-22-13-18/h2-13,24H,14-15H2,1H3,(H,23,25). The van der Waals surface area contributed by atoms with E-state index in [4.69, 9.17) is 0 Å². The summed E-state index contributed by atoms with van der Waals surface area (Å²) in [5, 5.41) is 2.76. The number of carbonyl (C=O) groups excluding carboxylic acids is 1. The number of hydrogen-bond donors (Lipinski definition) is 2. The number of amides is 1. The van der Waals surface area contributed by atoms with E-state index in [1.54, 1.807) is 30.6 Å². The summed E-state index contributed by atoms with van der Waals surface area (Å²) in [7, 11) is -3.73. The molecule has 6 nitrogen and oxygen atoms in total. The predicted molar refractivity (Wildman–Crippen MR) is 107 cm³/mol. The van der Waals surface area contributed by atoms with E-state index in [9.17, 15) is 13.2 Å². The van der Waals surface area contributed by atoms with Gasteiger partial charge in [0.2, 0.25) is 10.0 Å². The SMILES string of the molecule is Cc1cccc(CNS(=O)(=O)c2cccc(C(=O)NCc3cccnc3)c2)c1. The Bertz CT molecular complexity index is 1070. The molecule has 144 valence electrons. The topological polar surface area (TPSA) is 88.2 Å². The van der Waals surface area contributed by atoms with Gasteiger partial charge in [0.1, 0.15) is 0 Å². The molecule has 1 aromatic heterocycles. The third-order valence-corrected chi connectivity index (χ3v) is 5.53. The fourth-order valence-corrected chi connectivity index (χ4v) is 3.74. The number of aromatic nitrogens is 1. The molecule has 0 bridgehead atoms. The first-order valence-electron chi connectivity index (χ1n) is 8.76. The molecule has 0 aliphatic carbocycles. The zero-order valence-electron chi connectivity index (χ0n) is 15.4. The van der Waals surface area contributed by atoms with Crippen LogP contribution in [0, 0.1) is 6.92 Å². The molecule has 2 aromatic carbocycles. The van der Waals surface area contributed by atoms with Gasteiger partial charge in [-0.2, -0.15) is 0 Å². The molecule has 0 unspecified atom stereocenters. The number of nitrogens with one attached hydrogen (secondary N) is 2. The van der Waals surface area contributed by atoms with Crippen molar-refractivity contribution in [2.75, 3.05) is 0 Å². The van der Waals surface area contributed by atoms with E-state index in [1.807, 2.05) is 37.3 Å². The zero-order valence-corrected chi connectivity index (χ0v) is 16.2. The van der Waals surface area contributed by atoms with Crippen LogP contribution < -0.4 is 10.0 Å². The third-order valence-electron chi connectivity index (χ3n) is 4.13. The molecular formula is C21H21N3O3S. The number of benzene rings is 2.